The van der Waals surface area contributed by atoms with Crippen LogP contribution >= 0.6 is 0 Å². The van der Waals surface area contributed by atoms with E-state index in [2.05, 4.69) is 4.98 Å². The van der Waals surface area contributed by atoms with Gasteiger partial charge in [0, 0.05) is 19.0 Å². The van der Waals surface area contributed by atoms with Gasteiger partial charge < -0.3 is 14.1 Å². The minimum atomic E-state index is -0.401. The van der Waals surface area contributed by atoms with Gasteiger partial charge in [0.15, 0.2) is 0 Å². The van der Waals surface area contributed by atoms with Crippen LogP contribution in [-0.2, 0) is 12.8 Å². The predicted molar refractivity (Wildman–Crippen MR) is 57.9 cm³/mol. The van der Waals surface area contributed by atoms with Crippen LogP contribution in [-0.4, -0.2) is 14.7 Å². The maximum atomic E-state index is 9.80. The highest BCUT2D eigenvalue weighted by Gasteiger charge is 2.19. The van der Waals surface area contributed by atoms with E-state index in [1.807, 2.05) is 22.9 Å². The molecule has 0 spiro atoms. The van der Waals surface area contributed by atoms with Crippen molar-refractivity contribution in [2.75, 3.05) is 0 Å². The van der Waals surface area contributed by atoms with Crippen molar-refractivity contribution in [1.29, 1.82) is 0 Å². The van der Waals surface area contributed by atoms with Gasteiger partial charge in [0.05, 0.1) is 12.0 Å². The second-order valence-corrected chi connectivity index (χ2v) is 4.18. The zero-order valence-corrected chi connectivity index (χ0v) is 8.97. The lowest BCUT2D eigenvalue weighted by Gasteiger charge is -2.19. The molecule has 0 amide bonds. The maximum Gasteiger partial charge on any atom is 0.131 e. The summed E-state index contributed by atoms with van der Waals surface area (Å²) in [5.74, 6) is 1.89. The Hall–Kier alpha value is -1.55. The molecule has 1 aliphatic heterocycles. The van der Waals surface area contributed by atoms with E-state index in [9.17, 15) is 5.11 Å². The molecule has 0 fully saturated rings. The van der Waals surface area contributed by atoms with Crippen LogP contribution in [0.5, 0.6) is 0 Å². The molecule has 0 aromatic carbocycles. The van der Waals surface area contributed by atoms with Crippen LogP contribution in [0, 0.1) is 0 Å². The van der Waals surface area contributed by atoms with Gasteiger partial charge in [-0.2, -0.15) is 0 Å². The van der Waals surface area contributed by atoms with Crippen LogP contribution in [0.15, 0.2) is 29.0 Å². The minimum Gasteiger partial charge on any atom is -0.469 e. The largest absolute Gasteiger partial charge is 0.469 e. The average molecular weight is 218 g/mol. The Morgan fingerprint density at radius 3 is 3.25 bits per heavy atom. The molecule has 0 radical (unpaired) electrons. The first-order valence-corrected chi connectivity index (χ1v) is 5.60. The topological polar surface area (TPSA) is 51.2 Å². The molecule has 3 rings (SSSR count). The van der Waals surface area contributed by atoms with Crippen molar-refractivity contribution in [3.05, 3.63) is 41.9 Å². The number of aryl methyl sites for hydroxylation is 1. The molecule has 84 valence electrons. The van der Waals surface area contributed by atoms with Gasteiger partial charge in [0.25, 0.3) is 0 Å². The monoisotopic (exact) mass is 218 g/mol. The van der Waals surface area contributed by atoms with E-state index in [4.69, 9.17) is 4.42 Å². The first-order chi connectivity index (χ1) is 7.83. The van der Waals surface area contributed by atoms with E-state index in [1.54, 1.807) is 6.26 Å². The smallest absolute Gasteiger partial charge is 0.131 e. The zero-order valence-electron chi connectivity index (χ0n) is 8.97. The van der Waals surface area contributed by atoms with Gasteiger partial charge in [-0.15, -0.1) is 0 Å². The number of hydrogen-bond donors (Lipinski definition) is 1. The summed E-state index contributed by atoms with van der Waals surface area (Å²) in [6.45, 7) is 0. The van der Waals surface area contributed by atoms with E-state index in [1.165, 1.54) is 0 Å². The lowest BCUT2D eigenvalue weighted by atomic mass is 10.1. The van der Waals surface area contributed by atoms with Gasteiger partial charge in [0.2, 0.25) is 0 Å². The Morgan fingerprint density at radius 2 is 2.50 bits per heavy atom. The highest BCUT2D eigenvalue weighted by molar-refractivity contribution is 5.14. The Balaban J connectivity index is 1.87. The van der Waals surface area contributed by atoms with Gasteiger partial charge in [0.1, 0.15) is 17.8 Å². The molecule has 0 saturated carbocycles. The number of nitrogens with zero attached hydrogens (tertiary/aromatic N) is 2. The van der Waals surface area contributed by atoms with E-state index < -0.39 is 6.23 Å². The van der Waals surface area contributed by atoms with Crippen molar-refractivity contribution < 1.29 is 9.52 Å². The molecule has 2 aromatic rings. The molecule has 4 nitrogen and oxygen atoms in total. The van der Waals surface area contributed by atoms with Crippen LogP contribution in [0.3, 0.4) is 0 Å². The molecule has 16 heavy (non-hydrogen) atoms. The normalized spacial score (nSPS) is 19.7. The van der Waals surface area contributed by atoms with Gasteiger partial charge in [-0.25, -0.2) is 4.98 Å². The number of rotatable bonds is 2. The third-order valence-corrected chi connectivity index (χ3v) is 2.98. The van der Waals surface area contributed by atoms with E-state index in [0.29, 0.717) is 6.42 Å². The Kier molecular flexibility index (Phi) is 2.29. The second-order valence-electron chi connectivity index (χ2n) is 4.18. The van der Waals surface area contributed by atoms with E-state index in [-0.39, 0.29) is 0 Å². The summed E-state index contributed by atoms with van der Waals surface area (Å²) >= 11 is 0. The Labute approximate surface area is 93.5 Å². The number of aliphatic hydroxyl groups excluding tert-OH is 1. The summed E-state index contributed by atoms with van der Waals surface area (Å²) in [6.07, 6.45) is 6.68. The molecule has 0 aliphatic carbocycles. The number of imidazole rings is 1. The average Bonchev–Trinajstić information content (AvgIpc) is 2.88. The number of aromatic nitrogens is 2. The maximum absolute atomic E-state index is 9.80. The third kappa shape index (κ3) is 1.65. The summed E-state index contributed by atoms with van der Waals surface area (Å²) in [7, 11) is 0. The molecule has 1 N–H and O–H groups in total. The van der Waals surface area contributed by atoms with Crippen LogP contribution in [0.2, 0.25) is 0 Å². The molecular weight excluding hydrogens is 204 g/mol. The van der Waals surface area contributed by atoms with Crippen LogP contribution in [0.25, 0.3) is 0 Å². The van der Waals surface area contributed by atoms with Gasteiger partial charge in [-0.3, -0.25) is 0 Å². The molecule has 0 bridgehead atoms. The number of furan rings is 1. The second kappa shape index (κ2) is 3.79. The molecule has 1 atom stereocenters. The van der Waals surface area contributed by atoms with Gasteiger partial charge in [-0.05, 0) is 25.0 Å². The number of fused-ring (bicyclic) bond motifs is 1. The third-order valence-electron chi connectivity index (χ3n) is 2.98. The molecule has 1 aliphatic rings. The summed E-state index contributed by atoms with van der Waals surface area (Å²) in [6, 6.07) is 3.81. The van der Waals surface area contributed by atoms with E-state index in [0.717, 1.165) is 36.5 Å². The predicted octanol–water partition coefficient (Wildman–Crippen LogP) is 1.89. The van der Waals surface area contributed by atoms with Crippen molar-refractivity contribution >= 4 is 0 Å². The fourth-order valence-corrected chi connectivity index (χ4v) is 2.19. The highest BCUT2D eigenvalue weighted by Crippen LogP contribution is 2.23. The molecule has 0 saturated heterocycles. The first-order valence-electron chi connectivity index (χ1n) is 5.60. The van der Waals surface area contributed by atoms with Gasteiger partial charge >= 0.3 is 0 Å². The lowest BCUT2D eigenvalue weighted by molar-refractivity contribution is 0.0780. The van der Waals surface area contributed by atoms with E-state index >= 15 is 0 Å². The van der Waals surface area contributed by atoms with Crippen LogP contribution < -0.4 is 0 Å². The molecule has 3 heterocycles. The highest BCUT2D eigenvalue weighted by atomic mass is 16.3. The summed E-state index contributed by atoms with van der Waals surface area (Å²) in [4.78, 5) is 4.52. The number of aliphatic hydroxyl groups is 1. The Morgan fingerprint density at radius 1 is 1.56 bits per heavy atom. The molecule has 1 unspecified atom stereocenters. The molecule has 4 heteroatoms. The van der Waals surface area contributed by atoms with Crippen LogP contribution in [0.1, 0.15) is 36.3 Å². The first kappa shape index (κ1) is 9.66. The van der Waals surface area contributed by atoms with Crippen molar-refractivity contribution in [3.63, 3.8) is 0 Å². The lowest BCUT2D eigenvalue weighted by Crippen LogP contribution is -2.16. The summed E-state index contributed by atoms with van der Waals surface area (Å²) in [5, 5.41) is 9.80. The van der Waals surface area contributed by atoms with Gasteiger partial charge in [-0.1, -0.05) is 0 Å². The van der Waals surface area contributed by atoms with Crippen molar-refractivity contribution in [3.8, 4) is 0 Å². The zero-order chi connectivity index (χ0) is 11.0. The van der Waals surface area contributed by atoms with Crippen molar-refractivity contribution in [2.45, 2.75) is 31.9 Å². The quantitative estimate of drug-likeness (QED) is 0.837. The fraction of sp³-hybridized carbons (Fsp3) is 0.417. The van der Waals surface area contributed by atoms with Crippen molar-refractivity contribution in [1.82, 2.24) is 9.55 Å². The molecular formula is C12H14N2O2. The van der Waals surface area contributed by atoms with Crippen LogP contribution in [0.4, 0.5) is 0 Å². The summed E-state index contributed by atoms with van der Waals surface area (Å²) in [5.41, 5.74) is 0.964. The van der Waals surface area contributed by atoms with Crippen molar-refractivity contribution in [2.24, 2.45) is 0 Å². The minimum absolute atomic E-state index is 0.401. The SMILES string of the molecule is OC1CCCc2nc(Cc3ccco3)cn21. The Bertz CT molecular complexity index is 473. The number of hydrogen-bond acceptors (Lipinski definition) is 3. The molecule has 2 aromatic heterocycles. The standard InChI is InChI=1S/C12H14N2O2/c15-12-5-1-4-11-13-9(8-14(11)12)7-10-3-2-6-16-10/h2-3,6,8,12,15H,1,4-5,7H2. The summed E-state index contributed by atoms with van der Waals surface area (Å²) < 4.78 is 7.16. The fourth-order valence-electron chi connectivity index (χ4n) is 2.19.